The smallest absolute Gasteiger partial charge is 0.397 e. The molecule has 6 heteroatoms. The first kappa shape index (κ1) is 23.9. The van der Waals surface area contributed by atoms with E-state index < -0.39 is 5.66 Å². The van der Waals surface area contributed by atoms with Gasteiger partial charge >= 0.3 is 5.66 Å². The molecule has 6 nitrogen and oxygen atoms in total. The van der Waals surface area contributed by atoms with Crippen molar-refractivity contribution in [3.05, 3.63) is 163 Å². The third-order valence-corrected chi connectivity index (χ3v) is 10.5. The van der Waals surface area contributed by atoms with Gasteiger partial charge in [-0.1, -0.05) is 59.3 Å². The Morgan fingerprint density at radius 3 is 2.36 bits per heavy atom. The third-order valence-electron chi connectivity index (χ3n) is 10.5. The molecule has 47 heavy (non-hydrogen) atoms. The highest BCUT2D eigenvalue weighted by atomic mass is 16.5. The molecule has 0 saturated heterocycles. The van der Waals surface area contributed by atoms with E-state index in [1.165, 1.54) is 49.6 Å². The molecule has 4 aromatic carbocycles. The summed E-state index contributed by atoms with van der Waals surface area (Å²) in [5.74, 6) is 2.91. The number of fused-ring (bicyclic) bond motifs is 8. The van der Waals surface area contributed by atoms with Crippen molar-refractivity contribution in [2.75, 3.05) is 0 Å². The van der Waals surface area contributed by atoms with Gasteiger partial charge in [-0.15, -0.1) is 4.68 Å². The Morgan fingerprint density at radius 2 is 1.45 bits per heavy atom. The number of rotatable bonds is 2. The van der Waals surface area contributed by atoms with Gasteiger partial charge in [0.05, 0.1) is 18.0 Å². The maximum atomic E-state index is 6.78. The monoisotopic (exact) mass is 603 g/mol. The Hall–Kier alpha value is -6.40. The van der Waals surface area contributed by atoms with Crippen molar-refractivity contribution in [3.8, 4) is 45.3 Å². The number of nitrogens with zero attached hydrogens (tertiary/aromatic N) is 5. The van der Waals surface area contributed by atoms with Gasteiger partial charge < -0.3 is 9.14 Å². The highest BCUT2D eigenvalue weighted by molar-refractivity contribution is 6.11. The summed E-state index contributed by atoms with van der Waals surface area (Å²) in [5, 5.41) is 2.48. The lowest BCUT2D eigenvalue weighted by atomic mass is 9.84. The van der Waals surface area contributed by atoms with Gasteiger partial charge in [-0.2, -0.15) is 9.13 Å². The summed E-state index contributed by atoms with van der Waals surface area (Å²) in [7, 11) is 0. The van der Waals surface area contributed by atoms with Gasteiger partial charge in [-0.05, 0) is 71.8 Å². The molecular weight excluding hydrogens is 578 g/mol. The summed E-state index contributed by atoms with van der Waals surface area (Å²) in [6, 6.07) is 43.6. The minimum absolute atomic E-state index is 0.676. The third kappa shape index (κ3) is 2.71. The lowest BCUT2D eigenvalue weighted by Gasteiger charge is -2.32. The van der Waals surface area contributed by atoms with Crippen LogP contribution < -0.4 is 14.0 Å². The molecule has 0 fully saturated rings. The molecule has 0 bridgehead atoms. The molecule has 12 rings (SSSR count). The van der Waals surface area contributed by atoms with Crippen LogP contribution in [0.1, 0.15) is 11.1 Å². The highest BCUT2D eigenvalue weighted by Crippen LogP contribution is 2.55. The Bertz CT molecular complexity index is 2800. The average Bonchev–Trinajstić information content (AvgIpc) is 3.89. The molecule has 3 aliphatic rings. The molecule has 0 amide bonds. The Balaban J connectivity index is 1.13. The first-order valence-corrected chi connectivity index (χ1v) is 16.0. The van der Waals surface area contributed by atoms with Crippen molar-refractivity contribution >= 4 is 27.3 Å². The number of aromatic nitrogens is 5. The number of pyridine rings is 2. The number of ether oxygens (including phenoxy) is 1. The maximum absolute atomic E-state index is 6.78. The second-order valence-electron chi connectivity index (χ2n) is 12.8. The number of hydrogen-bond donors (Lipinski definition) is 0. The van der Waals surface area contributed by atoms with Crippen molar-refractivity contribution in [1.29, 1.82) is 0 Å². The first-order valence-electron chi connectivity index (χ1n) is 16.0. The predicted octanol–water partition coefficient (Wildman–Crippen LogP) is 7.77. The van der Waals surface area contributed by atoms with Gasteiger partial charge in [0.25, 0.3) is 5.82 Å². The van der Waals surface area contributed by atoms with E-state index in [0.29, 0.717) is 0 Å². The Morgan fingerprint density at radius 1 is 0.617 bits per heavy atom. The summed E-state index contributed by atoms with van der Waals surface area (Å²) in [6.45, 7) is 0. The summed E-state index contributed by atoms with van der Waals surface area (Å²) >= 11 is 0. The first-order chi connectivity index (χ1) is 23.3. The minimum atomic E-state index is -0.676. The summed E-state index contributed by atoms with van der Waals surface area (Å²) in [5.41, 5.74) is 11.1. The molecule has 5 aromatic heterocycles. The van der Waals surface area contributed by atoms with Crippen LogP contribution >= 0.6 is 0 Å². The molecule has 3 aliphatic heterocycles. The zero-order valence-electron chi connectivity index (χ0n) is 25.1. The van der Waals surface area contributed by atoms with Crippen LogP contribution in [0.5, 0.6) is 11.5 Å². The van der Waals surface area contributed by atoms with Crippen LogP contribution in [0.3, 0.4) is 0 Å². The molecule has 1 atom stereocenters. The minimum Gasteiger partial charge on any atom is -0.456 e. The molecule has 0 saturated carbocycles. The van der Waals surface area contributed by atoms with Crippen LogP contribution in [0.25, 0.3) is 61.1 Å². The fourth-order valence-electron chi connectivity index (χ4n) is 8.63. The number of para-hydroxylation sites is 1. The number of benzene rings is 4. The molecule has 0 radical (unpaired) electrons. The second kappa shape index (κ2) is 8.05. The maximum Gasteiger partial charge on any atom is 0.397 e. The van der Waals surface area contributed by atoms with Crippen molar-refractivity contribution in [3.63, 3.8) is 0 Å². The van der Waals surface area contributed by atoms with E-state index in [0.717, 1.165) is 34.1 Å². The van der Waals surface area contributed by atoms with Gasteiger partial charge in [0.2, 0.25) is 6.20 Å². The molecule has 0 aliphatic carbocycles. The van der Waals surface area contributed by atoms with Crippen molar-refractivity contribution in [1.82, 2.24) is 13.6 Å². The zero-order chi connectivity index (χ0) is 30.4. The molecule has 1 unspecified atom stereocenters. The van der Waals surface area contributed by atoms with Crippen LogP contribution in [0.4, 0.5) is 0 Å². The average molecular weight is 604 g/mol. The van der Waals surface area contributed by atoms with Gasteiger partial charge in [0.15, 0.2) is 11.1 Å². The normalized spacial score (nSPS) is 16.3. The van der Waals surface area contributed by atoms with E-state index in [1.807, 2.05) is 0 Å². The lowest BCUT2D eigenvalue weighted by Crippen LogP contribution is -2.76. The Kier molecular flexibility index (Phi) is 4.10. The van der Waals surface area contributed by atoms with Crippen LogP contribution in [0, 0.1) is 0 Å². The molecule has 9 aromatic rings. The van der Waals surface area contributed by atoms with E-state index in [-0.39, 0.29) is 0 Å². The zero-order valence-corrected chi connectivity index (χ0v) is 25.1. The standard InChI is InChI=1S/C41H25N5O/c1-2-10-33-31(9-1)32-18-19-36-39-40(32)46(33)37-13-4-6-21-43(37)41(39)38-34(11-7-12-35(38)47-36)44-24-29(25-45(41)44)27-16-14-26(15-17-27)28-22-30-8-3-5-20-42(30)23-28/h1-25H/q+2. The molecule has 0 N–H and O–H groups in total. The van der Waals surface area contributed by atoms with E-state index in [1.54, 1.807) is 0 Å². The van der Waals surface area contributed by atoms with E-state index in [9.17, 15) is 0 Å². The fourth-order valence-corrected chi connectivity index (χ4v) is 8.63. The summed E-state index contributed by atoms with van der Waals surface area (Å²) in [4.78, 5) is 0. The molecular formula is C41H25N5O+2. The lowest BCUT2D eigenvalue weighted by molar-refractivity contribution is -0.993. The Labute approximate surface area is 268 Å². The highest BCUT2D eigenvalue weighted by Gasteiger charge is 2.68. The molecule has 218 valence electrons. The van der Waals surface area contributed by atoms with Crippen LogP contribution in [0.15, 0.2) is 152 Å². The van der Waals surface area contributed by atoms with Gasteiger partial charge in [-0.3, -0.25) is 0 Å². The van der Waals surface area contributed by atoms with E-state index >= 15 is 0 Å². The SMILES string of the molecule is c1cc2c3c(c1)-n1cc(-c4ccc(-c5cc6ccccn6c5)cc4)c[n+]1C31c3c(ccc4c5ccccc5n(c34)-c3cccc[n+]31)O2. The number of hydrogen-bond acceptors (Lipinski definition) is 1. The van der Waals surface area contributed by atoms with E-state index in [4.69, 9.17) is 4.74 Å². The topological polar surface area (TPSA) is 31.3 Å². The fraction of sp³-hybridized carbons (Fsp3) is 0.0244. The van der Waals surface area contributed by atoms with Crippen molar-refractivity contribution < 1.29 is 14.0 Å². The van der Waals surface area contributed by atoms with Crippen molar-refractivity contribution in [2.45, 2.75) is 5.66 Å². The van der Waals surface area contributed by atoms with Gasteiger partial charge in [0.1, 0.15) is 28.3 Å². The molecule has 8 heterocycles. The van der Waals surface area contributed by atoms with Crippen LogP contribution in [-0.2, 0) is 5.66 Å². The molecule has 1 spiro atoms. The quantitative estimate of drug-likeness (QED) is 0.186. The van der Waals surface area contributed by atoms with Gasteiger partial charge in [0, 0.05) is 40.3 Å². The second-order valence-corrected chi connectivity index (χ2v) is 12.8. The van der Waals surface area contributed by atoms with Crippen LogP contribution in [0.2, 0.25) is 0 Å². The summed E-state index contributed by atoms with van der Waals surface area (Å²) < 4.78 is 18.6. The predicted molar refractivity (Wildman–Crippen MR) is 180 cm³/mol. The van der Waals surface area contributed by atoms with Crippen LogP contribution in [-0.4, -0.2) is 13.6 Å². The van der Waals surface area contributed by atoms with Gasteiger partial charge in [-0.25, -0.2) is 0 Å². The van der Waals surface area contributed by atoms with E-state index in [2.05, 4.69) is 175 Å². The summed E-state index contributed by atoms with van der Waals surface area (Å²) in [6.07, 6.45) is 11.1. The largest absolute Gasteiger partial charge is 0.456 e. The van der Waals surface area contributed by atoms with Crippen molar-refractivity contribution in [2.24, 2.45) is 0 Å².